The lowest BCUT2D eigenvalue weighted by Crippen LogP contribution is -2.37. The minimum Gasteiger partial charge on any atom is -0.358 e. The van der Waals surface area contributed by atoms with Crippen LogP contribution in [0.3, 0.4) is 0 Å². The summed E-state index contributed by atoms with van der Waals surface area (Å²) < 4.78 is 1.61. The first-order valence-electron chi connectivity index (χ1n) is 6.39. The van der Waals surface area contributed by atoms with E-state index in [1.165, 1.54) is 6.33 Å². The number of hydrogen-bond acceptors (Lipinski definition) is 5. The van der Waals surface area contributed by atoms with Crippen LogP contribution >= 0.6 is 11.6 Å². The summed E-state index contributed by atoms with van der Waals surface area (Å²) in [6.07, 6.45) is 2.32. The zero-order valence-corrected chi connectivity index (χ0v) is 12.5. The van der Waals surface area contributed by atoms with Crippen molar-refractivity contribution in [2.75, 3.05) is 25.0 Å². The molecule has 0 saturated heterocycles. The van der Waals surface area contributed by atoms with E-state index in [1.807, 2.05) is 18.7 Å². The molecule has 0 fully saturated rings. The molecule has 7 nitrogen and oxygen atoms in total. The number of amides is 1. The van der Waals surface area contributed by atoms with Gasteiger partial charge in [-0.1, -0.05) is 18.5 Å². The summed E-state index contributed by atoms with van der Waals surface area (Å²) in [6, 6.07) is 0. The van der Waals surface area contributed by atoms with Gasteiger partial charge in [-0.15, -0.1) is 0 Å². The summed E-state index contributed by atoms with van der Waals surface area (Å²) in [5, 5.41) is 7.17. The van der Waals surface area contributed by atoms with Crippen LogP contribution in [0.4, 0.5) is 5.82 Å². The molecule has 8 heteroatoms. The Morgan fingerprint density at radius 3 is 2.95 bits per heavy atom. The van der Waals surface area contributed by atoms with Crippen LogP contribution in [0.5, 0.6) is 0 Å². The Morgan fingerprint density at radius 1 is 1.55 bits per heavy atom. The Bertz CT molecular complexity index is 626. The van der Waals surface area contributed by atoms with Gasteiger partial charge in [0.25, 0.3) is 5.78 Å². The summed E-state index contributed by atoms with van der Waals surface area (Å²) >= 11 is 6.14. The molecule has 0 aliphatic carbocycles. The second-order valence-corrected chi connectivity index (χ2v) is 4.78. The maximum Gasteiger partial charge on any atom is 0.255 e. The highest BCUT2D eigenvalue weighted by atomic mass is 35.5. The predicted octanol–water partition coefficient (Wildman–Crippen LogP) is 1.05. The van der Waals surface area contributed by atoms with Gasteiger partial charge in [0.05, 0.1) is 6.54 Å². The zero-order chi connectivity index (χ0) is 14.7. The molecule has 1 amide bonds. The molecule has 0 aliphatic heterocycles. The Morgan fingerprint density at radius 2 is 2.30 bits per heavy atom. The average Bonchev–Trinajstić information content (AvgIpc) is 2.87. The van der Waals surface area contributed by atoms with E-state index in [0.717, 1.165) is 17.8 Å². The lowest BCUT2D eigenvalue weighted by molar-refractivity contribution is -0.119. The monoisotopic (exact) mass is 296 g/mol. The molecule has 0 saturated carbocycles. The largest absolute Gasteiger partial charge is 0.358 e. The van der Waals surface area contributed by atoms with E-state index in [2.05, 4.69) is 20.4 Å². The molecule has 0 aliphatic rings. The first-order chi connectivity index (χ1) is 9.58. The van der Waals surface area contributed by atoms with Crippen LogP contribution in [-0.4, -0.2) is 45.6 Å². The van der Waals surface area contributed by atoms with E-state index >= 15 is 0 Å². The lowest BCUT2D eigenvalue weighted by Gasteiger charge is -2.25. The van der Waals surface area contributed by atoms with Crippen molar-refractivity contribution in [3.63, 3.8) is 0 Å². The van der Waals surface area contributed by atoms with E-state index in [1.54, 1.807) is 11.6 Å². The van der Waals surface area contributed by atoms with Crippen LogP contribution in [0.1, 0.15) is 18.9 Å². The van der Waals surface area contributed by atoms with Crippen LogP contribution < -0.4 is 10.2 Å². The normalized spacial score (nSPS) is 10.8. The van der Waals surface area contributed by atoms with Gasteiger partial charge in [-0.3, -0.25) is 4.79 Å². The van der Waals surface area contributed by atoms with Crippen molar-refractivity contribution in [3.8, 4) is 0 Å². The Labute approximate surface area is 122 Å². The third-order valence-electron chi connectivity index (χ3n) is 2.98. The highest BCUT2D eigenvalue weighted by molar-refractivity contribution is 6.30. The fourth-order valence-corrected chi connectivity index (χ4v) is 2.20. The van der Waals surface area contributed by atoms with Crippen molar-refractivity contribution in [2.45, 2.75) is 20.3 Å². The smallest absolute Gasteiger partial charge is 0.255 e. The molecule has 0 aromatic carbocycles. The summed E-state index contributed by atoms with van der Waals surface area (Å²) in [4.78, 5) is 21.8. The molecule has 2 rings (SSSR count). The summed E-state index contributed by atoms with van der Waals surface area (Å²) in [7, 11) is 1.61. The van der Waals surface area contributed by atoms with E-state index in [0.29, 0.717) is 17.5 Å². The van der Waals surface area contributed by atoms with Crippen LogP contribution in [0.15, 0.2) is 6.33 Å². The van der Waals surface area contributed by atoms with E-state index in [9.17, 15) is 4.79 Å². The van der Waals surface area contributed by atoms with Crippen molar-refractivity contribution in [1.82, 2.24) is 24.9 Å². The molecular weight excluding hydrogens is 280 g/mol. The van der Waals surface area contributed by atoms with Gasteiger partial charge in [0.2, 0.25) is 5.91 Å². The third kappa shape index (κ3) is 2.67. The van der Waals surface area contributed by atoms with Gasteiger partial charge in [-0.2, -0.15) is 19.6 Å². The Hall–Kier alpha value is -1.89. The fourth-order valence-electron chi connectivity index (χ4n) is 2.04. The fraction of sp³-hybridized carbons (Fsp3) is 0.500. The van der Waals surface area contributed by atoms with E-state index in [-0.39, 0.29) is 12.5 Å². The second-order valence-electron chi connectivity index (χ2n) is 4.42. The van der Waals surface area contributed by atoms with Crippen LogP contribution in [0.25, 0.3) is 5.78 Å². The van der Waals surface area contributed by atoms with Crippen molar-refractivity contribution < 1.29 is 4.79 Å². The van der Waals surface area contributed by atoms with Crippen LogP contribution in [-0.2, 0) is 4.79 Å². The average molecular weight is 297 g/mol. The first-order valence-corrected chi connectivity index (χ1v) is 6.77. The van der Waals surface area contributed by atoms with E-state index in [4.69, 9.17) is 11.6 Å². The minimum atomic E-state index is -0.0703. The highest BCUT2D eigenvalue weighted by Crippen LogP contribution is 2.25. The van der Waals surface area contributed by atoms with Crippen molar-refractivity contribution >= 4 is 29.1 Å². The number of anilines is 1. The second kappa shape index (κ2) is 6.04. The number of rotatable bonds is 5. The van der Waals surface area contributed by atoms with Crippen molar-refractivity contribution in [2.24, 2.45) is 0 Å². The van der Waals surface area contributed by atoms with Crippen molar-refractivity contribution in [3.05, 3.63) is 17.0 Å². The van der Waals surface area contributed by atoms with Gasteiger partial charge >= 0.3 is 0 Å². The lowest BCUT2D eigenvalue weighted by atomic mass is 10.3. The molecule has 2 aromatic rings. The van der Waals surface area contributed by atoms with E-state index < -0.39 is 0 Å². The quantitative estimate of drug-likeness (QED) is 0.835. The molecule has 0 atom stereocenters. The van der Waals surface area contributed by atoms with Crippen LogP contribution in [0.2, 0.25) is 5.15 Å². The number of fused-ring (bicyclic) bond motifs is 1. The molecule has 2 aromatic heterocycles. The van der Waals surface area contributed by atoms with Gasteiger partial charge in [-0.25, -0.2) is 0 Å². The molecule has 1 N–H and O–H groups in total. The molecule has 0 radical (unpaired) electrons. The maximum absolute atomic E-state index is 11.7. The number of carbonyl (C=O) groups is 1. The number of aromatic nitrogens is 4. The number of likely N-dealkylation sites (N-methyl/N-ethyl adjacent to an activating group) is 1. The minimum absolute atomic E-state index is 0.0703. The predicted molar refractivity (Wildman–Crippen MR) is 77.1 cm³/mol. The SMILES string of the molecule is CCCN(CC(=O)NC)c1c(C)c(Cl)nc2ncnn12. The first kappa shape index (κ1) is 14.5. The number of carbonyl (C=O) groups excluding carboxylic acids is 1. The van der Waals surface area contributed by atoms with Gasteiger partial charge in [0, 0.05) is 19.2 Å². The molecule has 0 unspecified atom stereocenters. The molecule has 0 spiro atoms. The Balaban J connectivity index is 2.53. The maximum atomic E-state index is 11.7. The summed E-state index contributed by atoms with van der Waals surface area (Å²) in [6.45, 7) is 4.86. The number of hydrogen-bond donors (Lipinski definition) is 1. The topological polar surface area (TPSA) is 75.4 Å². The zero-order valence-electron chi connectivity index (χ0n) is 11.7. The summed E-state index contributed by atoms with van der Waals surface area (Å²) in [5.74, 6) is 1.11. The van der Waals surface area contributed by atoms with Gasteiger partial charge in [-0.05, 0) is 13.3 Å². The Kier molecular flexibility index (Phi) is 4.39. The number of nitrogens with zero attached hydrogens (tertiary/aromatic N) is 5. The summed E-state index contributed by atoms with van der Waals surface area (Å²) in [5.41, 5.74) is 0.780. The van der Waals surface area contributed by atoms with Gasteiger partial charge < -0.3 is 10.2 Å². The molecule has 108 valence electrons. The number of halogens is 1. The highest BCUT2D eigenvalue weighted by Gasteiger charge is 2.19. The van der Waals surface area contributed by atoms with Gasteiger partial charge in [0.15, 0.2) is 0 Å². The molecule has 2 heterocycles. The van der Waals surface area contributed by atoms with Gasteiger partial charge in [0.1, 0.15) is 17.3 Å². The van der Waals surface area contributed by atoms with Crippen LogP contribution in [0, 0.1) is 6.92 Å². The molecular formula is C12H17ClN6O. The van der Waals surface area contributed by atoms with Crippen molar-refractivity contribution in [1.29, 1.82) is 0 Å². The molecule has 0 bridgehead atoms. The third-order valence-corrected chi connectivity index (χ3v) is 3.35. The molecule has 20 heavy (non-hydrogen) atoms. The number of nitrogens with one attached hydrogen (secondary N) is 1. The standard InChI is InChI=1S/C12H17ClN6O/c1-4-5-18(6-9(20)14-3)11-8(2)10(13)17-12-15-7-16-19(11)12/h7H,4-6H2,1-3H3,(H,14,20).